The average molecular weight is 267 g/mol. The van der Waals surface area contributed by atoms with E-state index in [0.717, 1.165) is 24.6 Å². The van der Waals surface area contributed by atoms with E-state index in [-0.39, 0.29) is 0 Å². The third-order valence-corrected chi connectivity index (χ3v) is 3.00. The largest absolute Gasteiger partial charge is 0.357 e. The van der Waals surface area contributed by atoms with Gasteiger partial charge in [-0.2, -0.15) is 5.26 Å². The third kappa shape index (κ3) is 3.23. The Bertz CT molecular complexity index is 579. The molecule has 2 rings (SSSR count). The standard InChI is InChI=1S/C15H17N5/c1-3-20(4-2)15-8-6-13(11-18-15)19-14-7-5-12(9-16)10-17-14/h5-8,10-11H,3-4H2,1-2H3,(H,17,19). The van der Waals surface area contributed by atoms with Crippen LogP contribution in [0.5, 0.6) is 0 Å². The molecule has 2 aromatic heterocycles. The number of nitriles is 1. The van der Waals surface area contributed by atoms with Crippen molar-refractivity contribution in [2.75, 3.05) is 23.3 Å². The predicted molar refractivity (Wildman–Crippen MR) is 80.0 cm³/mol. The SMILES string of the molecule is CCN(CC)c1ccc(Nc2ccc(C#N)cn2)cn1. The van der Waals surface area contributed by atoms with Crippen LogP contribution in [0, 0.1) is 11.3 Å². The predicted octanol–water partition coefficient (Wildman–Crippen LogP) is 2.94. The van der Waals surface area contributed by atoms with Crippen LogP contribution >= 0.6 is 0 Å². The maximum absolute atomic E-state index is 8.72. The van der Waals surface area contributed by atoms with E-state index in [2.05, 4.69) is 34.0 Å². The first-order chi connectivity index (χ1) is 9.76. The highest BCUT2D eigenvalue weighted by Crippen LogP contribution is 2.17. The molecule has 2 heterocycles. The van der Waals surface area contributed by atoms with Crippen molar-refractivity contribution in [3.63, 3.8) is 0 Å². The van der Waals surface area contributed by atoms with Gasteiger partial charge < -0.3 is 10.2 Å². The van der Waals surface area contributed by atoms with Crippen molar-refractivity contribution in [3.05, 3.63) is 42.2 Å². The Balaban J connectivity index is 2.08. The van der Waals surface area contributed by atoms with Crippen molar-refractivity contribution >= 4 is 17.3 Å². The molecular weight excluding hydrogens is 250 g/mol. The van der Waals surface area contributed by atoms with Crippen molar-refractivity contribution in [1.29, 1.82) is 5.26 Å². The summed E-state index contributed by atoms with van der Waals surface area (Å²) >= 11 is 0. The topological polar surface area (TPSA) is 64.8 Å². The molecule has 0 unspecified atom stereocenters. The minimum absolute atomic E-state index is 0.547. The Kier molecular flexibility index (Phi) is 4.51. The van der Waals surface area contributed by atoms with Crippen molar-refractivity contribution < 1.29 is 0 Å². The summed E-state index contributed by atoms with van der Waals surface area (Å²) in [6, 6.07) is 9.50. The van der Waals surface area contributed by atoms with Crippen molar-refractivity contribution in [3.8, 4) is 6.07 Å². The van der Waals surface area contributed by atoms with E-state index in [9.17, 15) is 0 Å². The van der Waals surface area contributed by atoms with Crippen molar-refractivity contribution in [2.45, 2.75) is 13.8 Å². The summed E-state index contributed by atoms with van der Waals surface area (Å²) < 4.78 is 0. The number of aromatic nitrogens is 2. The van der Waals surface area contributed by atoms with E-state index < -0.39 is 0 Å². The van der Waals surface area contributed by atoms with Crippen LogP contribution in [0.3, 0.4) is 0 Å². The molecule has 20 heavy (non-hydrogen) atoms. The molecule has 0 spiro atoms. The zero-order chi connectivity index (χ0) is 14.4. The minimum atomic E-state index is 0.547. The lowest BCUT2D eigenvalue weighted by atomic mass is 10.3. The second-order valence-corrected chi connectivity index (χ2v) is 4.25. The number of nitrogens with zero attached hydrogens (tertiary/aromatic N) is 4. The molecule has 0 amide bonds. The Morgan fingerprint density at radius 1 is 1.10 bits per heavy atom. The van der Waals surface area contributed by atoms with E-state index in [4.69, 9.17) is 5.26 Å². The van der Waals surface area contributed by atoms with Crippen LogP contribution in [0.15, 0.2) is 36.7 Å². The highest BCUT2D eigenvalue weighted by molar-refractivity contribution is 5.57. The lowest BCUT2D eigenvalue weighted by Crippen LogP contribution is -2.22. The van der Waals surface area contributed by atoms with Gasteiger partial charge in [0.2, 0.25) is 0 Å². The summed E-state index contributed by atoms with van der Waals surface area (Å²) in [4.78, 5) is 10.8. The molecule has 102 valence electrons. The van der Waals surface area contributed by atoms with Crippen LogP contribution in [0.25, 0.3) is 0 Å². The molecule has 0 aliphatic carbocycles. The first-order valence-electron chi connectivity index (χ1n) is 6.61. The lowest BCUT2D eigenvalue weighted by molar-refractivity contribution is 0.846. The second-order valence-electron chi connectivity index (χ2n) is 4.25. The highest BCUT2D eigenvalue weighted by atomic mass is 15.2. The smallest absolute Gasteiger partial charge is 0.130 e. The van der Waals surface area contributed by atoms with Gasteiger partial charge in [-0.05, 0) is 38.1 Å². The number of rotatable bonds is 5. The van der Waals surface area contributed by atoms with Gasteiger partial charge in [0.1, 0.15) is 17.7 Å². The van der Waals surface area contributed by atoms with Crippen molar-refractivity contribution in [1.82, 2.24) is 9.97 Å². The molecule has 0 saturated carbocycles. The Morgan fingerprint density at radius 3 is 2.40 bits per heavy atom. The Hall–Kier alpha value is -2.61. The molecule has 0 atom stereocenters. The van der Waals surface area contributed by atoms with Crippen LogP contribution in [0.2, 0.25) is 0 Å². The zero-order valence-corrected chi connectivity index (χ0v) is 11.7. The van der Waals surface area contributed by atoms with Crippen LogP contribution in [-0.2, 0) is 0 Å². The number of hydrogen-bond donors (Lipinski definition) is 1. The quantitative estimate of drug-likeness (QED) is 0.902. The van der Waals surface area contributed by atoms with Crippen LogP contribution in [0.1, 0.15) is 19.4 Å². The maximum Gasteiger partial charge on any atom is 0.130 e. The normalized spacial score (nSPS) is 9.85. The summed E-state index contributed by atoms with van der Waals surface area (Å²) in [5, 5.41) is 11.9. The van der Waals surface area contributed by atoms with Gasteiger partial charge in [0, 0.05) is 19.3 Å². The fourth-order valence-electron chi connectivity index (χ4n) is 1.88. The Labute approximate surface area is 118 Å². The fourth-order valence-corrected chi connectivity index (χ4v) is 1.88. The molecule has 0 saturated heterocycles. The molecule has 0 radical (unpaired) electrons. The lowest BCUT2D eigenvalue weighted by Gasteiger charge is -2.19. The van der Waals surface area contributed by atoms with E-state index in [0.29, 0.717) is 11.4 Å². The molecule has 0 bridgehead atoms. The van der Waals surface area contributed by atoms with E-state index in [1.54, 1.807) is 24.5 Å². The van der Waals surface area contributed by atoms with Gasteiger partial charge in [-0.15, -0.1) is 0 Å². The van der Waals surface area contributed by atoms with Gasteiger partial charge in [-0.25, -0.2) is 9.97 Å². The molecule has 0 aliphatic heterocycles. The van der Waals surface area contributed by atoms with Gasteiger partial charge in [-0.3, -0.25) is 0 Å². The average Bonchev–Trinajstić information content (AvgIpc) is 2.51. The van der Waals surface area contributed by atoms with Gasteiger partial charge >= 0.3 is 0 Å². The van der Waals surface area contributed by atoms with Crippen LogP contribution in [0.4, 0.5) is 17.3 Å². The number of anilines is 3. The highest BCUT2D eigenvalue weighted by Gasteiger charge is 2.03. The number of nitrogens with one attached hydrogen (secondary N) is 1. The fraction of sp³-hybridized carbons (Fsp3) is 0.267. The summed E-state index contributed by atoms with van der Waals surface area (Å²) in [7, 11) is 0. The summed E-state index contributed by atoms with van der Waals surface area (Å²) in [6.45, 7) is 6.09. The molecule has 0 aromatic carbocycles. The van der Waals surface area contributed by atoms with E-state index >= 15 is 0 Å². The van der Waals surface area contributed by atoms with Gasteiger partial charge in [0.05, 0.1) is 17.4 Å². The summed E-state index contributed by atoms with van der Waals surface area (Å²) in [5.41, 5.74) is 1.42. The van der Waals surface area contributed by atoms with Gasteiger partial charge in [0.25, 0.3) is 0 Å². The van der Waals surface area contributed by atoms with Crippen molar-refractivity contribution in [2.24, 2.45) is 0 Å². The summed E-state index contributed by atoms with van der Waals surface area (Å²) in [5.74, 6) is 1.66. The van der Waals surface area contributed by atoms with Gasteiger partial charge in [0.15, 0.2) is 0 Å². The van der Waals surface area contributed by atoms with E-state index in [1.165, 1.54) is 0 Å². The molecule has 0 fully saturated rings. The maximum atomic E-state index is 8.72. The summed E-state index contributed by atoms with van der Waals surface area (Å²) in [6.07, 6.45) is 3.33. The Morgan fingerprint density at radius 2 is 1.90 bits per heavy atom. The number of pyridine rings is 2. The van der Waals surface area contributed by atoms with Crippen LogP contribution < -0.4 is 10.2 Å². The monoisotopic (exact) mass is 267 g/mol. The molecule has 0 aliphatic rings. The van der Waals surface area contributed by atoms with Gasteiger partial charge in [-0.1, -0.05) is 0 Å². The number of hydrogen-bond acceptors (Lipinski definition) is 5. The van der Waals surface area contributed by atoms with Crippen LogP contribution in [-0.4, -0.2) is 23.1 Å². The minimum Gasteiger partial charge on any atom is -0.357 e. The molecule has 5 heteroatoms. The molecule has 5 nitrogen and oxygen atoms in total. The first kappa shape index (κ1) is 13.8. The zero-order valence-electron chi connectivity index (χ0n) is 11.7. The first-order valence-corrected chi connectivity index (χ1v) is 6.61. The second kappa shape index (κ2) is 6.53. The van der Waals surface area contributed by atoms with E-state index in [1.807, 2.05) is 18.2 Å². The molecular formula is C15H17N5. The molecule has 2 aromatic rings. The third-order valence-electron chi connectivity index (χ3n) is 3.00. The molecule has 1 N–H and O–H groups in total.